The average Bonchev–Trinajstić information content (AvgIpc) is 2.66. The van der Waals surface area contributed by atoms with Gasteiger partial charge in [0.25, 0.3) is 11.6 Å². The van der Waals surface area contributed by atoms with Crippen LogP contribution >= 0.6 is 0 Å². The van der Waals surface area contributed by atoms with Gasteiger partial charge in [0.1, 0.15) is 24.2 Å². The van der Waals surface area contributed by atoms with Crippen molar-refractivity contribution >= 4 is 17.3 Å². The number of halogens is 1. The third kappa shape index (κ3) is 4.79. The molecule has 2 rings (SSSR count). The van der Waals surface area contributed by atoms with E-state index in [-0.39, 0.29) is 28.3 Å². The van der Waals surface area contributed by atoms with E-state index in [0.717, 1.165) is 12.1 Å². The number of nitro benzene ring substituents is 1. The van der Waals surface area contributed by atoms with Crippen molar-refractivity contribution in [2.75, 3.05) is 11.9 Å². The van der Waals surface area contributed by atoms with Crippen molar-refractivity contribution < 1.29 is 29.1 Å². The molecule has 0 aliphatic heterocycles. The van der Waals surface area contributed by atoms with Gasteiger partial charge >= 0.3 is 0 Å². The van der Waals surface area contributed by atoms with Crippen LogP contribution in [-0.4, -0.2) is 33.3 Å². The van der Waals surface area contributed by atoms with Gasteiger partial charge < -0.3 is 20.3 Å². The maximum Gasteiger partial charge on any atom is 0.275 e. The maximum absolute atomic E-state index is 13.6. The van der Waals surface area contributed by atoms with Gasteiger partial charge in [0.2, 0.25) is 0 Å². The van der Waals surface area contributed by atoms with Crippen LogP contribution < -0.4 is 10.1 Å². The van der Waals surface area contributed by atoms with E-state index in [2.05, 4.69) is 5.32 Å². The lowest BCUT2D eigenvalue weighted by Crippen LogP contribution is -2.45. The van der Waals surface area contributed by atoms with Gasteiger partial charge in [-0.2, -0.15) is 5.26 Å². The number of carbonyl (C=O) groups is 1. The number of nitrogens with zero attached hydrogens (tertiary/aromatic N) is 2. The van der Waals surface area contributed by atoms with Gasteiger partial charge in [-0.25, -0.2) is 4.39 Å². The van der Waals surface area contributed by atoms with Crippen molar-refractivity contribution in [3.8, 4) is 11.8 Å². The Kier molecular flexibility index (Phi) is 6.25. The molecule has 10 heteroatoms. The molecule has 0 saturated heterocycles. The first-order chi connectivity index (χ1) is 13.2. The summed E-state index contributed by atoms with van der Waals surface area (Å²) in [5.41, 5.74) is -2.38. The molecular formula is C18H16FN3O6. The number of hydrogen-bond acceptors (Lipinski definition) is 7. The highest BCUT2D eigenvalue weighted by Gasteiger charge is 2.32. The standard InChI is InChI=1S/C18H16FN3O6/c1-18(25,10-28-14-4-2-11(8-20)15(19)7-14)17(24)21-13-3-5-16(22(26)27)12(6-13)9-23/h2-7,23,25H,9-10H2,1H3,(H,21,24). The van der Waals surface area contributed by atoms with Crippen LogP contribution in [0.4, 0.5) is 15.8 Å². The second-order valence-electron chi connectivity index (χ2n) is 6.03. The molecule has 0 heterocycles. The second kappa shape index (κ2) is 8.43. The number of ether oxygens (including phenoxy) is 1. The Hall–Kier alpha value is -3.55. The van der Waals surface area contributed by atoms with Gasteiger partial charge in [-0.1, -0.05) is 0 Å². The molecule has 0 fully saturated rings. The number of anilines is 1. The number of nitriles is 1. The SMILES string of the molecule is CC(O)(COc1ccc(C#N)c(F)c1)C(=O)Nc1ccc([N+](=O)[O-])c(CO)c1. The zero-order chi connectivity index (χ0) is 20.9. The van der Waals surface area contributed by atoms with Gasteiger partial charge in [0, 0.05) is 17.8 Å². The topological polar surface area (TPSA) is 146 Å². The van der Waals surface area contributed by atoms with Gasteiger partial charge in [0.05, 0.1) is 22.7 Å². The zero-order valence-electron chi connectivity index (χ0n) is 14.7. The van der Waals surface area contributed by atoms with Crippen molar-refractivity contribution in [3.05, 3.63) is 63.5 Å². The fourth-order valence-electron chi connectivity index (χ4n) is 2.20. The summed E-state index contributed by atoms with van der Waals surface area (Å²) in [6.07, 6.45) is 0. The Morgan fingerprint density at radius 2 is 2.11 bits per heavy atom. The normalized spacial score (nSPS) is 12.5. The molecule has 2 aromatic carbocycles. The first kappa shape index (κ1) is 20.8. The number of aliphatic hydroxyl groups excluding tert-OH is 1. The molecule has 1 atom stereocenters. The number of nitrogens with one attached hydrogen (secondary N) is 1. The summed E-state index contributed by atoms with van der Waals surface area (Å²) in [5.74, 6) is -1.66. The van der Waals surface area contributed by atoms with Crippen molar-refractivity contribution in [3.63, 3.8) is 0 Å². The summed E-state index contributed by atoms with van der Waals surface area (Å²) >= 11 is 0. The largest absolute Gasteiger partial charge is 0.490 e. The lowest BCUT2D eigenvalue weighted by atomic mass is 10.1. The van der Waals surface area contributed by atoms with Crippen molar-refractivity contribution in [1.82, 2.24) is 0 Å². The molecule has 2 aromatic rings. The highest BCUT2D eigenvalue weighted by molar-refractivity contribution is 5.97. The Morgan fingerprint density at radius 3 is 2.68 bits per heavy atom. The smallest absolute Gasteiger partial charge is 0.275 e. The molecule has 3 N–H and O–H groups in total. The number of hydrogen-bond donors (Lipinski definition) is 3. The molecule has 0 aliphatic rings. The number of nitro groups is 1. The molecule has 28 heavy (non-hydrogen) atoms. The lowest BCUT2D eigenvalue weighted by molar-refractivity contribution is -0.385. The minimum absolute atomic E-state index is 0.00764. The van der Waals surface area contributed by atoms with Crippen LogP contribution in [0.3, 0.4) is 0 Å². The van der Waals surface area contributed by atoms with E-state index in [1.165, 1.54) is 31.2 Å². The second-order valence-corrected chi connectivity index (χ2v) is 6.03. The van der Waals surface area contributed by atoms with Crippen LogP contribution in [-0.2, 0) is 11.4 Å². The van der Waals surface area contributed by atoms with E-state index in [1.54, 1.807) is 6.07 Å². The number of amides is 1. The molecule has 0 bridgehead atoms. The van der Waals surface area contributed by atoms with Gasteiger partial charge in [0.15, 0.2) is 5.60 Å². The average molecular weight is 389 g/mol. The Morgan fingerprint density at radius 1 is 1.39 bits per heavy atom. The molecule has 146 valence electrons. The quantitative estimate of drug-likeness (QED) is 0.484. The zero-order valence-corrected chi connectivity index (χ0v) is 14.7. The van der Waals surface area contributed by atoms with Gasteiger partial charge in [-0.15, -0.1) is 0 Å². The third-order valence-corrected chi connectivity index (χ3v) is 3.77. The fourth-order valence-corrected chi connectivity index (χ4v) is 2.20. The minimum Gasteiger partial charge on any atom is -0.490 e. The first-order valence-corrected chi connectivity index (χ1v) is 7.92. The Bertz CT molecular complexity index is 955. The van der Waals surface area contributed by atoms with Crippen molar-refractivity contribution in [1.29, 1.82) is 5.26 Å². The number of rotatable bonds is 7. The number of aliphatic hydroxyl groups is 2. The van der Waals surface area contributed by atoms with E-state index in [1.807, 2.05) is 0 Å². The fraction of sp³-hybridized carbons (Fsp3) is 0.222. The van der Waals surface area contributed by atoms with Crippen molar-refractivity contribution in [2.45, 2.75) is 19.1 Å². The predicted octanol–water partition coefficient (Wildman–Crippen LogP) is 1.87. The molecule has 1 amide bonds. The summed E-state index contributed by atoms with van der Waals surface area (Å²) in [6.45, 7) is 0.0362. The Balaban J connectivity index is 2.07. The first-order valence-electron chi connectivity index (χ1n) is 7.92. The van der Waals surface area contributed by atoms with E-state index in [0.29, 0.717) is 0 Å². The maximum atomic E-state index is 13.6. The van der Waals surface area contributed by atoms with Crippen LogP contribution in [0.25, 0.3) is 0 Å². The molecule has 0 radical (unpaired) electrons. The van der Waals surface area contributed by atoms with Crippen LogP contribution in [0.1, 0.15) is 18.1 Å². The third-order valence-electron chi connectivity index (χ3n) is 3.77. The van der Waals surface area contributed by atoms with E-state index < -0.39 is 35.5 Å². The molecule has 0 aliphatic carbocycles. The highest BCUT2D eigenvalue weighted by atomic mass is 19.1. The van der Waals surface area contributed by atoms with Crippen LogP contribution in [0.15, 0.2) is 36.4 Å². The van der Waals surface area contributed by atoms with Crippen LogP contribution in [0.2, 0.25) is 0 Å². The van der Waals surface area contributed by atoms with Gasteiger partial charge in [-0.3, -0.25) is 14.9 Å². The Labute approximate surface area is 158 Å². The predicted molar refractivity (Wildman–Crippen MR) is 94.9 cm³/mol. The van der Waals surface area contributed by atoms with Crippen molar-refractivity contribution in [2.24, 2.45) is 0 Å². The van der Waals surface area contributed by atoms with E-state index >= 15 is 0 Å². The summed E-state index contributed by atoms with van der Waals surface area (Å²) in [5, 5.41) is 41.4. The lowest BCUT2D eigenvalue weighted by Gasteiger charge is -2.22. The summed E-state index contributed by atoms with van der Waals surface area (Å²) in [4.78, 5) is 22.5. The molecule has 9 nitrogen and oxygen atoms in total. The van der Waals surface area contributed by atoms with Crippen LogP contribution in [0.5, 0.6) is 5.75 Å². The monoisotopic (exact) mass is 389 g/mol. The molecule has 1 unspecified atom stereocenters. The van der Waals surface area contributed by atoms with Crippen LogP contribution in [0, 0.1) is 27.3 Å². The van der Waals surface area contributed by atoms with Gasteiger partial charge in [-0.05, 0) is 31.2 Å². The number of benzene rings is 2. The molecular weight excluding hydrogens is 373 g/mol. The minimum atomic E-state index is -2.02. The van der Waals surface area contributed by atoms with E-state index in [4.69, 9.17) is 10.00 Å². The molecule has 0 saturated carbocycles. The summed E-state index contributed by atoms with van der Waals surface area (Å²) < 4.78 is 18.8. The highest BCUT2D eigenvalue weighted by Crippen LogP contribution is 2.24. The van der Waals surface area contributed by atoms with E-state index in [9.17, 15) is 29.5 Å². The molecule has 0 spiro atoms. The number of carbonyl (C=O) groups excluding carboxylic acids is 1. The molecule has 0 aromatic heterocycles. The summed E-state index contributed by atoms with van der Waals surface area (Å²) in [6, 6.07) is 8.71. The summed E-state index contributed by atoms with van der Waals surface area (Å²) in [7, 11) is 0.